The Morgan fingerprint density at radius 2 is 2.04 bits per heavy atom. The van der Waals surface area contributed by atoms with E-state index < -0.39 is 0 Å². The lowest BCUT2D eigenvalue weighted by Crippen LogP contribution is -2.25. The standard InChI is InChI=1S/C19H23N3O2/c1-24-17-7-3-2-6-16(17)13-19(23)21-14-15-8-9-20-18(12-15)22-10-4-5-11-22/h2-3,6-9,12H,4-5,10-11,13-14H2,1H3,(H,21,23). The van der Waals surface area contributed by atoms with E-state index in [-0.39, 0.29) is 5.91 Å². The van der Waals surface area contributed by atoms with Gasteiger partial charge >= 0.3 is 0 Å². The highest BCUT2D eigenvalue weighted by atomic mass is 16.5. The Bertz CT molecular complexity index is 697. The van der Waals surface area contributed by atoms with Crippen LogP contribution in [0.5, 0.6) is 5.75 Å². The second-order valence-corrected chi connectivity index (χ2v) is 5.98. The number of carbonyl (C=O) groups is 1. The van der Waals surface area contributed by atoms with Crippen molar-refractivity contribution in [1.82, 2.24) is 10.3 Å². The number of hydrogen-bond donors (Lipinski definition) is 1. The number of pyridine rings is 1. The van der Waals surface area contributed by atoms with E-state index in [0.717, 1.165) is 35.8 Å². The number of para-hydroxylation sites is 1. The molecule has 1 saturated heterocycles. The molecule has 0 spiro atoms. The van der Waals surface area contributed by atoms with Gasteiger partial charge in [0.1, 0.15) is 11.6 Å². The number of ether oxygens (including phenoxy) is 1. The second-order valence-electron chi connectivity index (χ2n) is 5.98. The molecule has 1 aromatic carbocycles. The van der Waals surface area contributed by atoms with Gasteiger partial charge in [-0.25, -0.2) is 4.98 Å². The molecule has 0 aliphatic carbocycles. The normalized spacial score (nSPS) is 13.8. The Kier molecular flexibility index (Phi) is 5.31. The predicted octanol–water partition coefficient (Wildman–Crippen LogP) is 2.55. The highest BCUT2D eigenvalue weighted by Gasteiger charge is 2.14. The van der Waals surface area contributed by atoms with Gasteiger partial charge < -0.3 is 15.0 Å². The Morgan fingerprint density at radius 3 is 2.83 bits per heavy atom. The van der Waals surface area contributed by atoms with Crippen LogP contribution in [0.25, 0.3) is 0 Å². The summed E-state index contributed by atoms with van der Waals surface area (Å²) < 4.78 is 5.29. The van der Waals surface area contributed by atoms with Gasteiger partial charge in [-0.1, -0.05) is 18.2 Å². The zero-order valence-corrected chi connectivity index (χ0v) is 14.0. The first-order chi connectivity index (χ1) is 11.8. The molecule has 24 heavy (non-hydrogen) atoms. The molecule has 5 heteroatoms. The SMILES string of the molecule is COc1ccccc1CC(=O)NCc1ccnc(N2CCCC2)c1. The van der Waals surface area contributed by atoms with Crippen molar-refractivity contribution in [3.05, 3.63) is 53.7 Å². The van der Waals surface area contributed by atoms with Gasteiger partial charge in [0.2, 0.25) is 5.91 Å². The third kappa shape index (κ3) is 4.04. The second kappa shape index (κ2) is 7.81. The van der Waals surface area contributed by atoms with E-state index in [1.54, 1.807) is 7.11 Å². The average Bonchev–Trinajstić information content (AvgIpc) is 3.15. The molecule has 0 radical (unpaired) electrons. The van der Waals surface area contributed by atoms with Crippen LogP contribution in [-0.2, 0) is 17.8 Å². The van der Waals surface area contributed by atoms with Gasteiger partial charge in [0.25, 0.3) is 0 Å². The molecule has 1 aromatic heterocycles. The summed E-state index contributed by atoms with van der Waals surface area (Å²) in [6.45, 7) is 2.64. The molecule has 1 aliphatic rings. The third-order valence-corrected chi connectivity index (χ3v) is 4.27. The van der Waals surface area contributed by atoms with Crippen molar-refractivity contribution in [2.75, 3.05) is 25.1 Å². The van der Waals surface area contributed by atoms with Crippen LogP contribution < -0.4 is 15.0 Å². The van der Waals surface area contributed by atoms with Crippen molar-refractivity contribution in [3.8, 4) is 5.75 Å². The number of aromatic nitrogens is 1. The van der Waals surface area contributed by atoms with Gasteiger partial charge in [-0.2, -0.15) is 0 Å². The molecule has 3 rings (SSSR count). The summed E-state index contributed by atoms with van der Waals surface area (Å²) in [7, 11) is 1.62. The van der Waals surface area contributed by atoms with E-state index in [1.807, 2.05) is 36.5 Å². The summed E-state index contributed by atoms with van der Waals surface area (Å²) in [6.07, 6.45) is 4.58. The van der Waals surface area contributed by atoms with Crippen LogP contribution in [0.1, 0.15) is 24.0 Å². The molecular formula is C19H23N3O2. The maximum absolute atomic E-state index is 12.2. The summed E-state index contributed by atoms with van der Waals surface area (Å²) >= 11 is 0. The van der Waals surface area contributed by atoms with E-state index in [4.69, 9.17) is 4.74 Å². The molecule has 0 bridgehead atoms. The number of hydrogen-bond acceptors (Lipinski definition) is 4. The Balaban J connectivity index is 1.57. The van der Waals surface area contributed by atoms with Crippen LogP contribution >= 0.6 is 0 Å². The summed E-state index contributed by atoms with van der Waals surface area (Å²) in [4.78, 5) is 18.9. The van der Waals surface area contributed by atoms with Crippen LogP contribution in [0.4, 0.5) is 5.82 Å². The molecule has 2 aromatic rings. The van der Waals surface area contributed by atoms with Gasteiger partial charge in [0.05, 0.1) is 13.5 Å². The number of nitrogens with zero attached hydrogens (tertiary/aromatic N) is 2. The van der Waals surface area contributed by atoms with Crippen molar-refractivity contribution in [2.24, 2.45) is 0 Å². The van der Waals surface area contributed by atoms with Gasteiger partial charge in [-0.05, 0) is 36.6 Å². The number of amides is 1. The van der Waals surface area contributed by atoms with Crippen LogP contribution in [0.15, 0.2) is 42.6 Å². The quantitative estimate of drug-likeness (QED) is 0.887. The fourth-order valence-corrected chi connectivity index (χ4v) is 2.97. The summed E-state index contributed by atoms with van der Waals surface area (Å²) in [5, 5.41) is 2.98. The van der Waals surface area contributed by atoms with Crippen LogP contribution in [0.3, 0.4) is 0 Å². The summed E-state index contributed by atoms with van der Waals surface area (Å²) in [5.74, 6) is 1.73. The topological polar surface area (TPSA) is 54.5 Å². The zero-order chi connectivity index (χ0) is 16.8. The number of carbonyl (C=O) groups excluding carboxylic acids is 1. The molecule has 5 nitrogen and oxygen atoms in total. The number of benzene rings is 1. The van der Waals surface area contributed by atoms with Crippen molar-refractivity contribution in [2.45, 2.75) is 25.8 Å². The van der Waals surface area contributed by atoms with Gasteiger partial charge in [0, 0.05) is 31.4 Å². The average molecular weight is 325 g/mol. The van der Waals surface area contributed by atoms with Crippen molar-refractivity contribution >= 4 is 11.7 Å². The first-order valence-electron chi connectivity index (χ1n) is 8.35. The van der Waals surface area contributed by atoms with Crippen LogP contribution in [-0.4, -0.2) is 31.1 Å². The van der Waals surface area contributed by atoms with E-state index in [0.29, 0.717) is 13.0 Å². The number of rotatable bonds is 6. The predicted molar refractivity (Wildman–Crippen MR) is 94.2 cm³/mol. The molecular weight excluding hydrogens is 302 g/mol. The first kappa shape index (κ1) is 16.3. The minimum absolute atomic E-state index is 0.0148. The molecule has 1 amide bonds. The van der Waals surface area contributed by atoms with Crippen molar-refractivity contribution < 1.29 is 9.53 Å². The lowest BCUT2D eigenvalue weighted by molar-refractivity contribution is -0.120. The fourth-order valence-electron chi connectivity index (χ4n) is 2.97. The Labute approximate surface area is 142 Å². The molecule has 0 atom stereocenters. The van der Waals surface area contributed by atoms with Crippen molar-refractivity contribution in [3.63, 3.8) is 0 Å². The minimum atomic E-state index is -0.0148. The highest BCUT2D eigenvalue weighted by Crippen LogP contribution is 2.19. The number of anilines is 1. The summed E-state index contributed by atoms with van der Waals surface area (Å²) in [5.41, 5.74) is 1.96. The van der Waals surface area contributed by atoms with E-state index >= 15 is 0 Å². The minimum Gasteiger partial charge on any atom is -0.496 e. The largest absolute Gasteiger partial charge is 0.496 e. The Hall–Kier alpha value is -2.56. The number of methoxy groups -OCH3 is 1. The Morgan fingerprint density at radius 1 is 1.25 bits per heavy atom. The molecule has 0 saturated carbocycles. The highest BCUT2D eigenvalue weighted by molar-refractivity contribution is 5.79. The molecule has 126 valence electrons. The van der Waals surface area contributed by atoms with E-state index in [2.05, 4.69) is 21.3 Å². The van der Waals surface area contributed by atoms with Gasteiger partial charge in [-0.15, -0.1) is 0 Å². The molecule has 1 fully saturated rings. The summed E-state index contributed by atoms with van der Waals surface area (Å²) in [6, 6.07) is 11.6. The van der Waals surface area contributed by atoms with Crippen LogP contribution in [0, 0.1) is 0 Å². The zero-order valence-electron chi connectivity index (χ0n) is 14.0. The third-order valence-electron chi connectivity index (χ3n) is 4.27. The van der Waals surface area contributed by atoms with E-state index in [1.165, 1.54) is 12.8 Å². The molecule has 2 heterocycles. The van der Waals surface area contributed by atoms with Gasteiger partial charge in [-0.3, -0.25) is 4.79 Å². The molecule has 1 N–H and O–H groups in total. The monoisotopic (exact) mass is 325 g/mol. The first-order valence-corrected chi connectivity index (χ1v) is 8.35. The lowest BCUT2D eigenvalue weighted by Gasteiger charge is -2.17. The smallest absolute Gasteiger partial charge is 0.224 e. The molecule has 1 aliphatic heterocycles. The number of nitrogens with one attached hydrogen (secondary N) is 1. The maximum Gasteiger partial charge on any atom is 0.224 e. The van der Waals surface area contributed by atoms with Gasteiger partial charge in [0.15, 0.2) is 0 Å². The fraction of sp³-hybridized carbons (Fsp3) is 0.368. The van der Waals surface area contributed by atoms with Crippen LogP contribution in [0.2, 0.25) is 0 Å². The van der Waals surface area contributed by atoms with Crippen molar-refractivity contribution in [1.29, 1.82) is 0 Å². The lowest BCUT2D eigenvalue weighted by atomic mass is 10.1. The molecule has 0 unspecified atom stereocenters. The maximum atomic E-state index is 12.2. The van der Waals surface area contributed by atoms with E-state index in [9.17, 15) is 4.79 Å².